The SMILES string of the molecule is Fc1ccccc1-c1cnc(NC2CNC2)nc1. The zero-order valence-electron chi connectivity index (χ0n) is 9.73. The number of anilines is 1. The Balaban J connectivity index is 1.80. The van der Waals surface area contributed by atoms with E-state index in [1.165, 1.54) is 6.07 Å². The number of hydrogen-bond donors (Lipinski definition) is 2. The van der Waals surface area contributed by atoms with Crippen molar-refractivity contribution in [2.24, 2.45) is 0 Å². The van der Waals surface area contributed by atoms with Crippen molar-refractivity contribution in [1.29, 1.82) is 0 Å². The van der Waals surface area contributed by atoms with Crippen LogP contribution in [-0.2, 0) is 0 Å². The molecule has 2 N–H and O–H groups in total. The molecule has 0 unspecified atom stereocenters. The first kappa shape index (κ1) is 11.1. The Hall–Kier alpha value is -2.01. The average molecular weight is 244 g/mol. The molecule has 18 heavy (non-hydrogen) atoms. The highest BCUT2D eigenvalue weighted by molar-refractivity contribution is 5.62. The maximum absolute atomic E-state index is 13.6. The van der Waals surface area contributed by atoms with Crippen LogP contribution in [-0.4, -0.2) is 29.1 Å². The third kappa shape index (κ3) is 2.17. The van der Waals surface area contributed by atoms with Crippen molar-refractivity contribution in [3.63, 3.8) is 0 Å². The zero-order chi connectivity index (χ0) is 12.4. The number of aromatic nitrogens is 2. The van der Waals surface area contributed by atoms with Gasteiger partial charge < -0.3 is 10.6 Å². The summed E-state index contributed by atoms with van der Waals surface area (Å²) in [5, 5.41) is 6.35. The van der Waals surface area contributed by atoms with Gasteiger partial charge in [-0.2, -0.15) is 0 Å². The normalized spacial score (nSPS) is 15.2. The Morgan fingerprint density at radius 3 is 2.50 bits per heavy atom. The van der Waals surface area contributed by atoms with E-state index in [0.717, 1.165) is 13.1 Å². The minimum Gasteiger partial charge on any atom is -0.349 e. The van der Waals surface area contributed by atoms with Crippen molar-refractivity contribution in [2.45, 2.75) is 6.04 Å². The Kier molecular flexibility index (Phi) is 2.90. The molecule has 0 saturated carbocycles. The van der Waals surface area contributed by atoms with E-state index in [2.05, 4.69) is 20.6 Å². The maximum atomic E-state index is 13.6. The summed E-state index contributed by atoms with van der Waals surface area (Å²) < 4.78 is 13.6. The molecule has 3 rings (SSSR count). The van der Waals surface area contributed by atoms with E-state index in [9.17, 15) is 4.39 Å². The van der Waals surface area contributed by atoms with E-state index in [0.29, 0.717) is 23.1 Å². The lowest BCUT2D eigenvalue weighted by atomic mass is 10.1. The van der Waals surface area contributed by atoms with Crippen molar-refractivity contribution >= 4 is 5.95 Å². The fourth-order valence-electron chi connectivity index (χ4n) is 1.81. The van der Waals surface area contributed by atoms with Gasteiger partial charge in [0.25, 0.3) is 0 Å². The van der Waals surface area contributed by atoms with E-state index in [1.54, 1.807) is 30.6 Å². The van der Waals surface area contributed by atoms with Crippen LogP contribution in [0, 0.1) is 5.82 Å². The fourth-order valence-corrected chi connectivity index (χ4v) is 1.81. The minimum absolute atomic E-state index is 0.259. The molecule has 1 aromatic carbocycles. The van der Waals surface area contributed by atoms with E-state index < -0.39 is 0 Å². The third-order valence-electron chi connectivity index (χ3n) is 2.95. The van der Waals surface area contributed by atoms with Gasteiger partial charge in [-0.3, -0.25) is 0 Å². The Labute approximate surface area is 104 Å². The van der Waals surface area contributed by atoms with Crippen molar-refractivity contribution < 1.29 is 4.39 Å². The first-order chi connectivity index (χ1) is 8.83. The van der Waals surface area contributed by atoms with Crippen LogP contribution < -0.4 is 10.6 Å². The Bertz CT molecular complexity index is 537. The molecular weight excluding hydrogens is 231 g/mol. The summed E-state index contributed by atoms with van der Waals surface area (Å²) in [6, 6.07) is 7.01. The van der Waals surface area contributed by atoms with Gasteiger partial charge in [0, 0.05) is 36.6 Å². The highest BCUT2D eigenvalue weighted by atomic mass is 19.1. The second kappa shape index (κ2) is 4.70. The fraction of sp³-hybridized carbons (Fsp3) is 0.231. The van der Waals surface area contributed by atoms with E-state index >= 15 is 0 Å². The second-order valence-corrected chi connectivity index (χ2v) is 4.27. The molecule has 0 radical (unpaired) electrons. The van der Waals surface area contributed by atoms with Gasteiger partial charge in [-0.05, 0) is 6.07 Å². The molecule has 0 bridgehead atoms. The Morgan fingerprint density at radius 1 is 1.17 bits per heavy atom. The average Bonchev–Trinajstić information content (AvgIpc) is 2.35. The van der Waals surface area contributed by atoms with Crippen LogP contribution in [0.1, 0.15) is 0 Å². The van der Waals surface area contributed by atoms with Crippen LogP contribution in [0.4, 0.5) is 10.3 Å². The summed E-state index contributed by atoms with van der Waals surface area (Å²) in [4.78, 5) is 8.40. The number of hydrogen-bond acceptors (Lipinski definition) is 4. The molecule has 2 aromatic rings. The van der Waals surface area contributed by atoms with Gasteiger partial charge in [0.05, 0.1) is 6.04 Å². The molecule has 1 aromatic heterocycles. The van der Waals surface area contributed by atoms with Gasteiger partial charge in [0.2, 0.25) is 5.95 Å². The quantitative estimate of drug-likeness (QED) is 0.862. The zero-order valence-corrected chi connectivity index (χ0v) is 9.73. The van der Waals surface area contributed by atoms with Crippen molar-refractivity contribution in [3.05, 3.63) is 42.5 Å². The summed E-state index contributed by atoms with van der Waals surface area (Å²) in [7, 11) is 0. The molecule has 0 amide bonds. The van der Waals surface area contributed by atoms with Crippen LogP contribution in [0.3, 0.4) is 0 Å². The van der Waals surface area contributed by atoms with Gasteiger partial charge in [0.1, 0.15) is 5.82 Å². The number of nitrogens with one attached hydrogen (secondary N) is 2. The first-order valence-electron chi connectivity index (χ1n) is 5.87. The van der Waals surface area contributed by atoms with Crippen LogP contribution in [0.25, 0.3) is 11.1 Å². The number of halogens is 1. The molecule has 0 spiro atoms. The number of benzene rings is 1. The minimum atomic E-state index is -0.259. The van der Waals surface area contributed by atoms with Crippen molar-refractivity contribution in [2.75, 3.05) is 18.4 Å². The van der Waals surface area contributed by atoms with E-state index in [4.69, 9.17) is 0 Å². The highest BCUT2D eigenvalue weighted by Crippen LogP contribution is 2.21. The predicted molar refractivity (Wildman–Crippen MR) is 67.7 cm³/mol. The summed E-state index contributed by atoms with van der Waals surface area (Å²) in [6.45, 7) is 1.86. The Morgan fingerprint density at radius 2 is 1.89 bits per heavy atom. The topological polar surface area (TPSA) is 49.8 Å². The van der Waals surface area contributed by atoms with E-state index in [1.807, 2.05) is 0 Å². The maximum Gasteiger partial charge on any atom is 0.222 e. The van der Waals surface area contributed by atoms with Crippen LogP contribution >= 0.6 is 0 Å². The molecular formula is C13H13FN4. The molecule has 0 aliphatic carbocycles. The molecule has 0 atom stereocenters. The van der Waals surface area contributed by atoms with Crippen LogP contribution in [0.2, 0.25) is 0 Å². The standard InChI is InChI=1S/C13H13FN4/c14-12-4-2-1-3-11(12)9-5-16-13(17-6-9)18-10-7-15-8-10/h1-6,10,15H,7-8H2,(H,16,17,18). The molecule has 2 heterocycles. The van der Waals surface area contributed by atoms with Crippen LogP contribution in [0.5, 0.6) is 0 Å². The van der Waals surface area contributed by atoms with E-state index in [-0.39, 0.29) is 5.82 Å². The smallest absolute Gasteiger partial charge is 0.222 e. The molecule has 5 heteroatoms. The molecule has 92 valence electrons. The largest absolute Gasteiger partial charge is 0.349 e. The summed E-state index contributed by atoms with van der Waals surface area (Å²) >= 11 is 0. The van der Waals surface area contributed by atoms with Crippen molar-refractivity contribution in [3.8, 4) is 11.1 Å². The first-order valence-corrected chi connectivity index (χ1v) is 5.87. The summed E-state index contributed by atoms with van der Waals surface area (Å²) in [6.07, 6.45) is 3.28. The molecule has 1 aliphatic rings. The molecule has 1 aliphatic heterocycles. The lowest BCUT2D eigenvalue weighted by Crippen LogP contribution is -2.51. The third-order valence-corrected chi connectivity index (χ3v) is 2.95. The second-order valence-electron chi connectivity index (χ2n) is 4.27. The lowest BCUT2D eigenvalue weighted by Gasteiger charge is -2.27. The monoisotopic (exact) mass is 244 g/mol. The molecule has 4 nitrogen and oxygen atoms in total. The summed E-state index contributed by atoms with van der Waals surface area (Å²) in [5.74, 6) is 0.326. The highest BCUT2D eigenvalue weighted by Gasteiger charge is 2.17. The van der Waals surface area contributed by atoms with Crippen LogP contribution in [0.15, 0.2) is 36.7 Å². The van der Waals surface area contributed by atoms with Gasteiger partial charge in [-0.15, -0.1) is 0 Å². The molecule has 1 saturated heterocycles. The van der Waals surface area contributed by atoms with Crippen molar-refractivity contribution in [1.82, 2.24) is 15.3 Å². The molecule has 1 fully saturated rings. The van der Waals surface area contributed by atoms with Gasteiger partial charge in [0.15, 0.2) is 0 Å². The van der Waals surface area contributed by atoms with Gasteiger partial charge >= 0.3 is 0 Å². The predicted octanol–water partition coefficient (Wildman–Crippen LogP) is 1.67. The number of nitrogens with zero attached hydrogens (tertiary/aromatic N) is 2. The lowest BCUT2D eigenvalue weighted by molar-refractivity contribution is 0.469. The summed E-state index contributed by atoms with van der Waals surface area (Å²) in [5.41, 5.74) is 1.21. The van der Waals surface area contributed by atoms with Gasteiger partial charge in [-0.1, -0.05) is 18.2 Å². The van der Waals surface area contributed by atoms with Gasteiger partial charge in [-0.25, -0.2) is 14.4 Å². The number of rotatable bonds is 3.